The van der Waals surface area contributed by atoms with Gasteiger partial charge in [0.15, 0.2) is 14.0 Å². The van der Waals surface area contributed by atoms with E-state index in [-0.39, 0.29) is 64.9 Å². The molecule has 2 aliphatic heterocycles. The molecule has 1 fully saturated rings. The Morgan fingerprint density at radius 1 is 1.02 bits per heavy atom. The first-order valence-corrected chi connectivity index (χ1v) is 24.5. The maximum Gasteiger partial charge on any atom is 0.329 e. The summed E-state index contributed by atoms with van der Waals surface area (Å²) in [5.74, 6) is -1.31. The number of cyclic esters (lactones) is 1. The Morgan fingerprint density at radius 2 is 1.68 bits per heavy atom. The summed E-state index contributed by atoms with van der Waals surface area (Å²) in [5, 5.41) is 3.40. The van der Waals surface area contributed by atoms with Gasteiger partial charge in [-0.25, -0.2) is 9.78 Å². The fourth-order valence-electron chi connectivity index (χ4n) is 6.02. The van der Waals surface area contributed by atoms with Crippen LogP contribution in [-0.4, -0.2) is 80.7 Å². The number of hydrogen-bond donors (Lipinski definition) is 1. The van der Waals surface area contributed by atoms with Crippen LogP contribution in [0.25, 0.3) is 0 Å². The minimum absolute atomic E-state index is 0.0307. The van der Waals surface area contributed by atoms with Gasteiger partial charge in [-0.15, -0.1) is 0 Å². The molecule has 1 unspecified atom stereocenters. The van der Waals surface area contributed by atoms with Gasteiger partial charge in [0.2, 0.25) is 11.8 Å². The largest absolute Gasteiger partial charge is 0.460 e. The molecule has 1 N–H and O–H groups in total. The third-order valence-electron chi connectivity index (χ3n) is 9.82. The van der Waals surface area contributed by atoms with Crippen molar-refractivity contribution in [2.45, 2.75) is 143 Å². The standard InChI is InChI=1S/C38H61N3O7Si2/c1-24(2)34-26(4)17-19-31(43)39-27(5)18-16-25(3)21-29(48-50(12,13)38(6,7)8)22-28(42)23-32-40-33(37(46-32)49(9,10)11)35(44)41-20-14-15-30(41)36(45)47-34/h16-19,21,24,26-27,29-30,34H,14-15,20,22-23H2,1-13H3,(H,39,43)/b18-16+,19-17+,25-21+/t26-,27+,29?,30-,34-/m1/s1. The molecule has 0 aliphatic carbocycles. The van der Waals surface area contributed by atoms with Crippen molar-refractivity contribution in [2.75, 3.05) is 6.54 Å². The molecule has 2 aliphatic rings. The SMILES string of the molecule is CC1=C\C(O[Si](C)(C)C(C)(C)C)CC(=O)Cc2nc(c([Si](C)(C)C)o2)C(=O)N2CCC[C@@H]2C(=O)O[C@H](C(C)C)[C@H](C)/C=C/C(=O)N[C@@H](C)\C=C\1. The van der Waals surface area contributed by atoms with Crippen LogP contribution >= 0.6 is 0 Å². The molecule has 50 heavy (non-hydrogen) atoms. The fourth-order valence-corrected chi connectivity index (χ4v) is 8.58. The number of fused-ring (bicyclic) bond motifs is 3. The lowest BCUT2D eigenvalue weighted by molar-refractivity contribution is -0.158. The molecule has 3 heterocycles. The lowest BCUT2D eigenvalue weighted by Gasteiger charge is -2.38. The average molecular weight is 728 g/mol. The molecule has 0 aromatic carbocycles. The van der Waals surface area contributed by atoms with Gasteiger partial charge >= 0.3 is 5.97 Å². The predicted molar refractivity (Wildman–Crippen MR) is 202 cm³/mol. The number of Topliss-reactive ketones (excluding diaryl/α,β-unsaturated/α-hetero) is 1. The van der Waals surface area contributed by atoms with Crippen LogP contribution in [0.3, 0.4) is 0 Å². The number of rotatable bonds is 4. The number of aromatic nitrogens is 1. The van der Waals surface area contributed by atoms with E-state index in [1.54, 1.807) is 11.0 Å². The Balaban J connectivity index is 2.08. The van der Waals surface area contributed by atoms with Crippen molar-refractivity contribution in [3.8, 4) is 0 Å². The third-order valence-corrected chi connectivity index (χ3v) is 16.0. The monoisotopic (exact) mass is 727 g/mol. The minimum Gasteiger partial charge on any atom is -0.460 e. The van der Waals surface area contributed by atoms with Gasteiger partial charge in [-0.05, 0) is 56.8 Å². The van der Waals surface area contributed by atoms with E-state index in [0.717, 1.165) is 5.57 Å². The lowest BCUT2D eigenvalue weighted by Crippen LogP contribution is -2.47. The number of ketones is 1. The highest BCUT2D eigenvalue weighted by Gasteiger charge is 2.42. The van der Waals surface area contributed by atoms with Crippen molar-refractivity contribution in [3.63, 3.8) is 0 Å². The van der Waals surface area contributed by atoms with Gasteiger partial charge in [-0.3, -0.25) is 14.4 Å². The number of hydrogen-bond acceptors (Lipinski definition) is 8. The zero-order valence-corrected chi connectivity index (χ0v) is 34.6. The summed E-state index contributed by atoms with van der Waals surface area (Å²) >= 11 is 0. The molecule has 12 heteroatoms. The van der Waals surface area contributed by atoms with Crippen molar-refractivity contribution in [1.82, 2.24) is 15.2 Å². The Morgan fingerprint density at radius 3 is 2.28 bits per heavy atom. The lowest BCUT2D eigenvalue weighted by atomic mass is 9.94. The molecule has 278 valence electrons. The van der Waals surface area contributed by atoms with Crippen LogP contribution in [0.2, 0.25) is 37.8 Å². The normalized spacial score (nSPS) is 28.1. The Bertz CT molecular complexity index is 1500. The highest BCUT2D eigenvalue weighted by molar-refractivity contribution is 6.88. The summed E-state index contributed by atoms with van der Waals surface area (Å²) in [5.41, 5.74) is 1.08. The van der Waals surface area contributed by atoms with Gasteiger partial charge < -0.3 is 23.8 Å². The zero-order chi connectivity index (χ0) is 37.8. The van der Waals surface area contributed by atoms with Gasteiger partial charge in [0.1, 0.15) is 31.4 Å². The molecule has 10 nitrogen and oxygen atoms in total. The fraction of sp³-hybridized carbons (Fsp3) is 0.658. The first-order chi connectivity index (χ1) is 23.0. The first kappa shape index (κ1) is 41.3. The van der Waals surface area contributed by atoms with E-state index in [1.807, 2.05) is 52.8 Å². The van der Waals surface area contributed by atoms with Crippen molar-refractivity contribution in [2.24, 2.45) is 11.8 Å². The van der Waals surface area contributed by atoms with E-state index in [9.17, 15) is 19.2 Å². The Labute approximate surface area is 301 Å². The van der Waals surface area contributed by atoms with Crippen LogP contribution in [0, 0.1) is 11.8 Å². The summed E-state index contributed by atoms with van der Waals surface area (Å²) in [7, 11) is -4.51. The molecule has 0 saturated carbocycles. The van der Waals surface area contributed by atoms with E-state index in [1.165, 1.54) is 6.08 Å². The molecule has 0 spiro atoms. The molecule has 2 amide bonds. The average Bonchev–Trinajstić information content (AvgIpc) is 3.64. The summed E-state index contributed by atoms with van der Waals surface area (Å²) in [6, 6.07) is -1.03. The molecular formula is C38H61N3O7Si2. The van der Waals surface area contributed by atoms with Crippen molar-refractivity contribution in [1.29, 1.82) is 0 Å². The number of nitrogens with one attached hydrogen (secondary N) is 1. The van der Waals surface area contributed by atoms with Gasteiger partial charge in [0.05, 0.1) is 12.5 Å². The summed E-state index contributed by atoms with van der Waals surface area (Å²) in [6.45, 7) is 27.1. The van der Waals surface area contributed by atoms with Crippen LogP contribution < -0.4 is 10.7 Å². The number of carbonyl (C=O) groups excluding carboxylic acids is 4. The summed E-state index contributed by atoms with van der Waals surface area (Å²) in [4.78, 5) is 60.5. The van der Waals surface area contributed by atoms with E-state index in [0.29, 0.717) is 24.8 Å². The topological polar surface area (TPSA) is 128 Å². The number of ether oxygens (including phenoxy) is 1. The van der Waals surface area contributed by atoms with Crippen molar-refractivity contribution in [3.05, 3.63) is 47.5 Å². The molecule has 1 saturated heterocycles. The smallest absolute Gasteiger partial charge is 0.329 e. The van der Waals surface area contributed by atoms with E-state index < -0.39 is 40.6 Å². The second-order valence-electron chi connectivity index (χ2n) is 17.0. The summed E-state index contributed by atoms with van der Waals surface area (Å²) in [6.07, 6.45) is 9.20. The molecule has 0 radical (unpaired) electrons. The predicted octanol–water partition coefficient (Wildman–Crippen LogP) is 6.50. The number of allylic oxidation sites excluding steroid dienone is 2. The van der Waals surface area contributed by atoms with Crippen molar-refractivity contribution < 1.29 is 32.8 Å². The minimum atomic E-state index is -2.27. The highest BCUT2D eigenvalue weighted by Crippen LogP contribution is 2.38. The number of nitrogens with zero attached hydrogens (tertiary/aromatic N) is 2. The molecule has 1 aromatic heterocycles. The van der Waals surface area contributed by atoms with Crippen LogP contribution in [0.5, 0.6) is 0 Å². The van der Waals surface area contributed by atoms with Crippen LogP contribution in [0.1, 0.15) is 91.0 Å². The molecule has 3 rings (SSSR count). The quantitative estimate of drug-likeness (QED) is 0.275. The van der Waals surface area contributed by atoms with E-state index >= 15 is 0 Å². The Kier molecular flexibility index (Phi) is 13.6. The van der Waals surface area contributed by atoms with Crippen LogP contribution in [-0.2, 0) is 30.0 Å². The third kappa shape index (κ3) is 11.0. The van der Waals surface area contributed by atoms with Gasteiger partial charge in [-0.2, -0.15) is 0 Å². The number of carbonyl (C=O) groups is 4. The highest BCUT2D eigenvalue weighted by atomic mass is 28.4. The molecule has 2 bridgehead atoms. The van der Waals surface area contributed by atoms with Crippen LogP contribution in [0.15, 0.2) is 40.4 Å². The molecule has 1 aromatic rings. The first-order valence-electron chi connectivity index (χ1n) is 18.1. The van der Waals surface area contributed by atoms with E-state index in [4.69, 9.17) is 13.6 Å². The molecular weight excluding hydrogens is 667 g/mol. The maximum absolute atomic E-state index is 14.2. The van der Waals surface area contributed by atoms with Gasteiger partial charge in [-0.1, -0.05) is 91.1 Å². The van der Waals surface area contributed by atoms with E-state index in [2.05, 4.69) is 63.8 Å². The molecule has 5 atom stereocenters. The zero-order valence-electron chi connectivity index (χ0n) is 32.6. The van der Waals surface area contributed by atoms with Crippen molar-refractivity contribution >= 4 is 45.3 Å². The second kappa shape index (κ2) is 16.5. The van der Waals surface area contributed by atoms with Crippen LogP contribution in [0.4, 0.5) is 0 Å². The number of oxazole rings is 1. The second-order valence-corrected chi connectivity index (χ2v) is 26.7. The van der Waals surface area contributed by atoms with Gasteiger partial charge in [0, 0.05) is 24.9 Å². The van der Waals surface area contributed by atoms with Gasteiger partial charge in [0.25, 0.3) is 5.91 Å². The maximum atomic E-state index is 14.2. The number of esters is 1. The summed E-state index contributed by atoms with van der Waals surface area (Å²) < 4.78 is 19.1. The Hall–Kier alpha value is -3.10. The number of amides is 2.